The molecular weight excluding hydrogens is 330 g/mol. The zero-order chi connectivity index (χ0) is 18.7. The maximum Gasteiger partial charge on any atom is 0.227 e. The Morgan fingerprint density at radius 2 is 1.62 bits per heavy atom. The third-order valence-electron chi connectivity index (χ3n) is 4.93. The van der Waals surface area contributed by atoms with Crippen LogP contribution >= 0.6 is 0 Å². The first-order valence-corrected chi connectivity index (χ1v) is 8.72. The quantitative estimate of drug-likeness (QED) is 0.826. The van der Waals surface area contributed by atoms with Crippen molar-refractivity contribution in [1.29, 1.82) is 0 Å². The predicted octanol–water partition coefficient (Wildman–Crippen LogP) is 3.23. The lowest BCUT2D eigenvalue weighted by atomic mass is 9.93. The average Bonchev–Trinajstić information content (AvgIpc) is 2.66. The molecule has 0 spiro atoms. The van der Waals surface area contributed by atoms with Crippen LogP contribution in [0.3, 0.4) is 0 Å². The van der Waals surface area contributed by atoms with Gasteiger partial charge in [0.15, 0.2) is 11.5 Å². The fraction of sp³-hybridized carbons (Fsp3) is 0.381. The van der Waals surface area contributed by atoms with Gasteiger partial charge in [-0.2, -0.15) is 0 Å². The van der Waals surface area contributed by atoms with Gasteiger partial charge in [-0.25, -0.2) is 0 Å². The molecule has 1 aliphatic heterocycles. The van der Waals surface area contributed by atoms with Crippen LogP contribution in [0.4, 0.5) is 0 Å². The van der Waals surface area contributed by atoms with E-state index >= 15 is 0 Å². The smallest absolute Gasteiger partial charge is 0.227 e. The first-order valence-electron chi connectivity index (χ1n) is 8.72. The van der Waals surface area contributed by atoms with E-state index in [1.807, 2.05) is 41.3 Å². The molecule has 0 radical (unpaired) electrons. The largest absolute Gasteiger partial charge is 0.497 e. The van der Waals surface area contributed by atoms with Gasteiger partial charge in [0, 0.05) is 12.6 Å². The number of benzene rings is 2. The fourth-order valence-corrected chi connectivity index (χ4v) is 3.42. The van der Waals surface area contributed by atoms with E-state index < -0.39 is 0 Å². The lowest BCUT2D eigenvalue weighted by molar-refractivity contribution is -0.133. The van der Waals surface area contributed by atoms with Crippen LogP contribution in [0.1, 0.15) is 23.6 Å². The van der Waals surface area contributed by atoms with Crippen molar-refractivity contribution >= 4 is 5.91 Å². The van der Waals surface area contributed by atoms with Gasteiger partial charge in [-0.3, -0.25) is 4.79 Å². The van der Waals surface area contributed by atoms with Gasteiger partial charge < -0.3 is 19.1 Å². The van der Waals surface area contributed by atoms with Gasteiger partial charge in [-0.15, -0.1) is 0 Å². The summed E-state index contributed by atoms with van der Waals surface area (Å²) in [6, 6.07) is 11.8. The fourth-order valence-electron chi connectivity index (χ4n) is 3.42. The summed E-state index contributed by atoms with van der Waals surface area (Å²) in [6.07, 6.45) is 1.20. The van der Waals surface area contributed by atoms with Gasteiger partial charge in [-0.05, 0) is 54.3 Å². The van der Waals surface area contributed by atoms with E-state index in [9.17, 15) is 4.79 Å². The van der Waals surface area contributed by atoms with Gasteiger partial charge in [0.25, 0.3) is 0 Å². The molecule has 26 heavy (non-hydrogen) atoms. The maximum absolute atomic E-state index is 12.9. The number of fused-ring (bicyclic) bond motifs is 1. The molecule has 0 saturated heterocycles. The first kappa shape index (κ1) is 18.1. The van der Waals surface area contributed by atoms with E-state index in [1.165, 1.54) is 5.56 Å². The Kier molecular flexibility index (Phi) is 5.35. The number of hydrogen-bond acceptors (Lipinski definition) is 4. The lowest BCUT2D eigenvalue weighted by Crippen LogP contribution is -2.43. The van der Waals surface area contributed by atoms with Crippen molar-refractivity contribution in [3.63, 3.8) is 0 Å². The second-order valence-electron chi connectivity index (χ2n) is 6.58. The number of nitrogens with zero attached hydrogens (tertiary/aromatic N) is 1. The molecule has 1 unspecified atom stereocenters. The van der Waals surface area contributed by atoms with Crippen molar-refractivity contribution in [1.82, 2.24) is 4.90 Å². The number of ether oxygens (including phenoxy) is 3. The van der Waals surface area contributed by atoms with Crippen LogP contribution in [-0.4, -0.2) is 38.2 Å². The van der Waals surface area contributed by atoms with Gasteiger partial charge in [0.2, 0.25) is 5.91 Å². The zero-order valence-corrected chi connectivity index (χ0v) is 15.7. The van der Waals surface area contributed by atoms with E-state index in [4.69, 9.17) is 14.2 Å². The van der Waals surface area contributed by atoms with Gasteiger partial charge >= 0.3 is 0 Å². The van der Waals surface area contributed by atoms with Gasteiger partial charge in [0.05, 0.1) is 27.8 Å². The number of carbonyl (C=O) groups is 1. The Bertz CT molecular complexity index is 785. The summed E-state index contributed by atoms with van der Waals surface area (Å²) < 4.78 is 16.0. The highest BCUT2D eigenvalue weighted by Gasteiger charge is 2.28. The molecule has 0 aromatic heterocycles. The first-order chi connectivity index (χ1) is 12.5. The van der Waals surface area contributed by atoms with E-state index in [2.05, 4.69) is 6.92 Å². The van der Waals surface area contributed by atoms with Crippen molar-refractivity contribution in [3.05, 3.63) is 53.1 Å². The molecule has 1 heterocycles. The third-order valence-corrected chi connectivity index (χ3v) is 4.93. The van der Waals surface area contributed by atoms with Gasteiger partial charge in [0.1, 0.15) is 5.75 Å². The Labute approximate surface area is 154 Å². The van der Waals surface area contributed by atoms with Crippen molar-refractivity contribution in [3.8, 4) is 17.2 Å². The van der Waals surface area contributed by atoms with Crippen LogP contribution in [0, 0.1) is 0 Å². The third kappa shape index (κ3) is 3.62. The van der Waals surface area contributed by atoms with Crippen molar-refractivity contribution in [2.24, 2.45) is 0 Å². The molecule has 138 valence electrons. The number of rotatable bonds is 5. The van der Waals surface area contributed by atoms with Crippen molar-refractivity contribution in [2.75, 3.05) is 21.3 Å². The van der Waals surface area contributed by atoms with E-state index in [0.29, 0.717) is 18.7 Å². The molecule has 1 amide bonds. The van der Waals surface area contributed by atoms with Crippen LogP contribution in [0.15, 0.2) is 36.4 Å². The number of amides is 1. The van der Waals surface area contributed by atoms with Crippen LogP contribution in [0.25, 0.3) is 0 Å². The van der Waals surface area contributed by atoms with E-state index in [0.717, 1.165) is 29.0 Å². The molecule has 5 nitrogen and oxygen atoms in total. The minimum Gasteiger partial charge on any atom is -0.497 e. The summed E-state index contributed by atoms with van der Waals surface area (Å²) in [5, 5.41) is 0. The second kappa shape index (κ2) is 7.68. The van der Waals surface area contributed by atoms with Crippen LogP contribution < -0.4 is 14.2 Å². The summed E-state index contributed by atoms with van der Waals surface area (Å²) >= 11 is 0. The minimum atomic E-state index is 0.128. The highest BCUT2D eigenvalue weighted by molar-refractivity contribution is 5.79. The van der Waals surface area contributed by atoms with Crippen LogP contribution in [0.5, 0.6) is 17.2 Å². The molecular formula is C21H25NO4. The topological polar surface area (TPSA) is 48.0 Å². The minimum absolute atomic E-state index is 0.128. The molecule has 1 aliphatic rings. The standard InChI is InChI=1S/C21H25NO4/c1-14-9-16-11-19(25-3)20(26-4)12-17(16)13-22(14)21(23)10-15-5-7-18(24-2)8-6-15/h5-8,11-12,14H,9-10,13H2,1-4H3. The number of hydrogen-bond donors (Lipinski definition) is 0. The molecule has 0 aliphatic carbocycles. The molecule has 2 aromatic rings. The SMILES string of the molecule is COc1ccc(CC(=O)N2Cc3cc(OC)c(OC)cc3CC2C)cc1. The summed E-state index contributed by atoms with van der Waals surface area (Å²) in [5.74, 6) is 2.35. The highest BCUT2D eigenvalue weighted by Crippen LogP contribution is 2.34. The maximum atomic E-state index is 12.9. The van der Waals surface area contributed by atoms with Crippen molar-refractivity contribution < 1.29 is 19.0 Å². The molecule has 5 heteroatoms. The molecule has 3 rings (SSSR count). The summed E-state index contributed by atoms with van der Waals surface area (Å²) in [5.41, 5.74) is 3.31. The normalized spacial score (nSPS) is 16.0. The highest BCUT2D eigenvalue weighted by atomic mass is 16.5. The Morgan fingerprint density at radius 1 is 1.00 bits per heavy atom. The number of carbonyl (C=O) groups excluding carboxylic acids is 1. The molecule has 0 bridgehead atoms. The molecule has 2 aromatic carbocycles. The monoisotopic (exact) mass is 355 g/mol. The second-order valence-corrected chi connectivity index (χ2v) is 6.58. The Balaban J connectivity index is 1.77. The number of methoxy groups -OCH3 is 3. The average molecular weight is 355 g/mol. The Hall–Kier alpha value is -2.69. The molecule has 0 saturated carbocycles. The summed E-state index contributed by atoms with van der Waals surface area (Å²) in [6.45, 7) is 2.68. The van der Waals surface area contributed by atoms with E-state index in [-0.39, 0.29) is 11.9 Å². The molecule has 0 N–H and O–H groups in total. The summed E-state index contributed by atoms with van der Waals surface area (Å²) in [4.78, 5) is 14.8. The van der Waals surface area contributed by atoms with Crippen molar-refractivity contribution in [2.45, 2.75) is 32.4 Å². The van der Waals surface area contributed by atoms with Crippen LogP contribution in [0.2, 0.25) is 0 Å². The van der Waals surface area contributed by atoms with Crippen LogP contribution in [-0.2, 0) is 24.2 Å². The summed E-state index contributed by atoms with van der Waals surface area (Å²) in [7, 11) is 4.90. The van der Waals surface area contributed by atoms with E-state index in [1.54, 1.807) is 21.3 Å². The Morgan fingerprint density at radius 3 is 2.19 bits per heavy atom. The molecule has 1 atom stereocenters. The predicted molar refractivity (Wildman–Crippen MR) is 100.0 cm³/mol. The lowest BCUT2D eigenvalue weighted by Gasteiger charge is -2.35. The van der Waals surface area contributed by atoms with Gasteiger partial charge in [-0.1, -0.05) is 12.1 Å². The molecule has 0 fully saturated rings. The zero-order valence-electron chi connectivity index (χ0n) is 15.7.